The van der Waals surface area contributed by atoms with Gasteiger partial charge in [0.1, 0.15) is 6.10 Å². The maximum Gasteiger partial charge on any atom is 0.257 e. The molecule has 1 amide bonds. The Kier molecular flexibility index (Phi) is 3.51. The van der Waals surface area contributed by atoms with Gasteiger partial charge >= 0.3 is 0 Å². The van der Waals surface area contributed by atoms with E-state index in [1.165, 1.54) is 16.7 Å². The fourth-order valence-corrected chi connectivity index (χ4v) is 3.67. The van der Waals surface area contributed by atoms with E-state index in [0.29, 0.717) is 0 Å². The normalized spacial score (nSPS) is 22.3. The molecule has 2 aromatic carbocycles. The number of rotatable bonds is 1. The molecule has 2 atom stereocenters. The van der Waals surface area contributed by atoms with Crippen LogP contribution in [0.15, 0.2) is 59.5 Å². The van der Waals surface area contributed by atoms with Gasteiger partial charge in [-0.2, -0.15) is 0 Å². The molecule has 0 aliphatic carbocycles. The minimum absolute atomic E-state index is 0.267. The van der Waals surface area contributed by atoms with E-state index < -0.39 is 6.10 Å². The molecule has 3 rings (SSSR count). The largest absolute Gasteiger partial charge is 0.382 e. The van der Waals surface area contributed by atoms with E-state index in [2.05, 4.69) is 0 Å². The Morgan fingerprint density at radius 3 is 2.45 bits per heavy atom. The van der Waals surface area contributed by atoms with Gasteiger partial charge in [-0.05, 0) is 17.7 Å². The third-order valence-corrected chi connectivity index (χ3v) is 4.86. The number of para-hydroxylation sites is 1. The van der Waals surface area contributed by atoms with Crippen LogP contribution in [0.1, 0.15) is 10.8 Å². The van der Waals surface area contributed by atoms with Crippen molar-refractivity contribution >= 4 is 23.4 Å². The van der Waals surface area contributed by atoms with Gasteiger partial charge in [0.05, 0.1) is 10.9 Å². The maximum atomic E-state index is 12.4. The van der Waals surface area contributed by atoms with E-state index in [9.17, 15) is 9.90 Å². The Labute approximate surface area is 122 Å². The summed E-state index contributed by atoms with van der Waals surface area (Å²) in [6, 6.07) is 17.4. The first-order valence-electron chi connectivity index (χ1n) is 6.45. The molecule has 0 bridgehead atoms. The lowest BCUT2D eigenvalue weighted by Crippen LogP contribution is -2.37. The van der Waals surface area contributed by atoms with E-state index >= 15 is 0 Å². The highest BCUT2D eigenvalue weighted by Crippen LogP contribution is 2.45. The van der Waals surface area contributed by atoms with E-state index in [1.54, 1.807) is 7.05 Å². The number of benzene rings is 2. The van der Waals surface area contributed by atoms with Gasteiger partial charge in [-0.25, -0.2) is 0 Å². The molecule has 0 unspecified atom stereocenters. The highest BCUT2D eigenvalue weighted by molar-refractivity contribution is 7.99. The molecule has 0 saturated carbocycles. The molecule has 3 nitrogen and oxygen atoms in total. The van der Waals surface area contributed by atoms with Crippen LogP contribution in [0.3, 0.4) is 0 Å². The minimum atomic E-state index is -1.04. The van der Waals surface area contributed by atoms with Crippen LogP contribution in [-0.2, 0) is 4.79 Å². The number of aliphatic hydroxyl groups is 1. The Morgan fingerprint density at radius 1 is 1.05 bits per heavy atom. The van der Waals surface area contributed by atoms with Crippen molar-refractivity contribution in [2.75, 3.05) is 11.9 Å². The van der Waals surface area contributed by atoms with Crippen molar-refractivity contribution < 1.29 is 9.90 Å². The Balaban J connectivity index is 2.08. The number of amides is 1. The van der Waals surface area contributed by atoms with Gasteiger partial charge in [-0.15, -0.1) is 11.8 Å². The molecule has 1 aliphatic heterocycles. The maximum absolute atomic E-state index is 12.4. The fraction of sp³-hybridized carbons (Fsp3) is 0.188. The number of fused-ring (bicyclic) bond motifs is 1. The molecule has 0 saturated heterocycles. The number of hydrogen-bond donors (Lipinski definition) is 1. The average molecular weight is 285 g/mol. The number of hydrogen-bond acceptors (Lipinski definition) is 3. The first kappa shape index (κ1) is 13.2. The minimum Gasteiger partial charge on any atom is -0.382 e. The molecule has 1 heterocycles. The predicted molar refractivity (Wildman–Crippen MR) is 80.9 cm³/mol. The molecule has 1 aliphatic rings. The first-order valence-corrected chi connectivity index (χ1v) is 7.32. The number of likely N-dealkylation sites (N-methyl/N-ethyl adjacent to an activating group) is 1. The van der Waals surface area contributed by atoms with Crippen LogP contribution in [0.2, 0.25) is 0 Å². The Bertz CT molecular complexity index is 629. The molecule has 20 heavy (non-hydrogen) atoms. The quantitative estimate of drug-likeness (QED) is 0.876. The smallest absolute Gasteiger partial charge is 0.257 e. The Hall–Kier alpha value is -1.78. The van der Waals surface area contributed by atoms with Crippen LogP contribution in [0.4, 0.5) is 5.69 Å². The molecule has 1 N–H and O–H groups in total. The molecule has 0 fully saturated rings. The highest BCUT2D eigenvalue weighted by Gasteiger charge is 2.35. The summed E-state index contributed by atoms with van der Waals surface area (Å²) >= 11 is 1.53. The summed E-state index contributed by atoms with van der Waals surface area (Å²) in [4.78, 5) is 14.9. The molecule has 0 spiro atoms. The zero-order chi connectivity index (χ0) is 14.1. The molecular weight excluding hydrogens is 270 g/mol. The third kappa shape index (κ3) is 2.21. The number of aliphatic hydroxyl groups excluding tert-OH is 1. The topological polar surface area (TPSA) is 40.5 Å². The molecular formula is C16H15NO2S. The second-order valence-corrected chi connectivity index (χ2v) is 5.94. The van der Waals surface area contributed by atoms with Crippen molar-refractivity contribution in [3.05, 3.63) is 60.2 Å². The summed E-state index contributed by atoms with van der Waals surface area (Å²) in [5.74, 6) is -0.267. The molecule has 0 aromatic heterocycles. The lowest BCUT2D eigenvalue weighted by molar-refractivity contribution is -0.126. The van der Waals surface area contributed by atoms with Gasteiger partial charge in [-0.1, -0.05) is 42.5 Å². The molecule has 2 aromatic rings. The van der Waals surface area contributed by atoms with Crippen molar-refractivity contribution in [3.63, 3.8) is 0 Å². The molecule has 102 valence electrons. The summed E-state index contributed by atoms with van der Waals surface area (Å²) in [6.45, 7) is 0. The van der Waals surface area contributed by atoms with E-state index in [0.717, 1.165) is 16.1 Å². The summed E-state index contributed by atoms with van der Waals surface area (Å²) < 4.78 is 0. The standard InChI is InChI=1S/C16H15NO2S/c1-17-12-9-5-6-10-13(12)20-15(14(18)16(17)19)11-7-3-2-4-8-11/h2-10,14-15,18H,1H3/t14-,15+/m1/s1. The van der Waals surface area contributed by atoms with E-state index in [-0.39, 0.29) is 11.2 Å². The van der Waals surface area contributed by atoms with Crippen LogP contribution < -0.4 is 4.90 Å². The number of nitrogens with zero attached hydrogens (tertiary/aromatic N) is 1. The Morgan fingerprint density at radius 2 is 1.70 bits per heavy atom. The van der Waals surface area contributed by atoms with Gasteiger partial charge in [0.2, 0.25) is 0 Å². The average Bonchev–Trinajstić information content (AvgIpc) is 2.60. The van der Waals surface area contributed by atoms with Crippen LogP contribution >= 0.6 is 11.8 Å². The van der Waals surface area contributed by atoms with Gasteiger partial charge < -0.3 is 10.0 Å². The number of carbonyl (C=O) groups is 1. The molecule has 0 radical (unpaired) electrons. The van der Waals surface area contributed by atoms with Crippen LogP contribution in [0, 0.1) is 0 Å². The van der Waals surface area contributed by atoms with Crippen molar-refractivity contribution in [3.8, 4) is 0 Å². The molecule has 4 heteroatoms. The van der Waals surface area contributed by atoms with Crippen LogP contribution in [0.25, 0.3) is 0 Å². The third-order valence-electron chi connectivity index (χ3n) is 3.48. The number of anilines is 1. The highest BCUT2D eigenvalue weighted by atomic mass is 32.2. The van der Waals surface area contributed by atoms with Gasteiger partial charge in [0.25, 0.3) is 5.91 Å². The van der Waals surface area contributed by atoms with E-state index in [1.807, 2.05) is 54.6 Å². The lowest BCUT2D eigenvalue weighted by atomic mass is 10.1. The lowest BCUT2D eigenvalue weighted by Gasteiger charge is -2.21. The fourth-order valence-electron chi connectivity index (χ4n) is 2.37. The number of carbonyl (C=O) groups excluding carboxylic acids is 1. The number of thioether (sulfide) groups is 1. The summed E-state index contributed by atoms with van der Waals surface area (Å²) in [5.41, 5.74) is 1.81. The zero-order valence-corrected chi connectivity index (χ0v) is 11.9. The predicted octanol–water partition coefficient (Wildman–Crippen LogP) is 2.86. The zero-order valence-electron chi connectivity index (χ0n) is 11.1. The van der Waals surface area contributed by atoms with Crippen molar-refractivity contribution in [2.45, 2.75) is 16.2 Å². The summed E-state index contributed by atoms with van der Waals surface area (Å²) in [7, 11) is 1.71. The van der Waals surface area contributed by atoms with Gasteiger partial charge in [0, 0.05) is 11.9 Å². The SMILES string of the molecule is CN1C(=O)[C@H](O)[C@H](c2ccccc2)Sc2ccccc21. The van der Waals surface area contributed by atoms with Crippen molar-refractivity contribution in [1.29, 1.82) is 0 Å². The van der Waals surface area contributed by atoms with Crippen LogP contribution in [-0.4, -0.2) is 24.2 Å². The van der Waals surface area contributed by atoms with Crippen molar-refractivity contribution in [1.82, 2.24) is 0 Å². The monoisotopic (exact) mass is 285 g/mol. The van der Waals surface area contributed by atoms with E-state index in [4.69, 9.17) is 0 Å². The van der Waals surface area contributed by atoms with Crippen molar-refractivity contribution in [2.24, 2.45) is 0 Å². The second-order valence-electron chi connectivity index (χ2n) is 4.76. The van der Waals surface area contributed by atoms with Gasteiger partial charge in [-0.3, -0.25) is 4.79 Å². The first-order chi connectivity index (χ1) is 9.68. The second kappa shape index (κ2) is 5.31. The van der Waals surface area contributed by atoms with Crippen LogP contribution in [0.5, 0.6) is 0 Å². The summed E-state index contributed by atoms with van der Waals surface area (Å²) in [6.07, 6.45) is -1.04. The summed E-state index contributed by atoms with van der Waals surface area (Å²) in [5, 5.41) is 10.1. The van der Waals surface area contributed by atoms with Gasteiger partial charge in [0.15, 0.2) is 0 Å².